The van der Waals surface area contributed by atoms with Gasteiger partial charge in [-0.3, -0.25) is 9.79 Å². The van der Waals surface area contributed by atoms with Crippen LogP contribution in [0, 0.1) is 5.92 Å². The van der Waals surface area contributed by atoms with Crippen molar-refractivity contribution in [2.24, 2.45) is 10.9 Å². The summed E-state index contributed by atoms with van der Waals surface area (Å²) < 4.78 is 5.55. The molecule has 0 spiro atoms. The number of hydrogen-bond acceptors (Lipinski definition) is 3. The van der Waals surface area contributed by atoms with E-state index in [1.807, 2.05) is 4.90 Å². The lowest BCUT2D eigenvalue weighted by molar-refractivity contribution is -0.134. The van der Waals surface area contributed by atoms with Crippen molar-refractivity contribution in [2.45, 2.75) is 58.9 Å². The van der Waals surface area contributed by atoms with Gasteiger partial charge in [0.2, 0.25) is 5.91 Å². The highest BCUT2D eigenvalue weighted by Gasteiger charge is 2.22. The van der Waals surface area contributed by atoms with E-state index in [0.717, 1.165) is 51.5 Å². The van der Waals surface area contributed by atoms with Crippen LogP contribution in [0.25, 0.3) is 0 Å². The predicted octanol–water partition coefficient (Wildman–Crippen LogP) is 2.01. The molecule has 0 saturated carbocycles. The van der Waals surface area contributed by atoms with Crippen LogP contribution in [0.15, 0.2) is 4.99 Å². The van der Waals surface area contributed by atoms with Crippen LogP contribution >= 0.6 is 0 Å². The molecule has 1 fully saturated rings. The van der Waals surface area contributed by atoms with Crippen molar-refractivity contribution in [3.05, 3.63) is 0 Å². The fraction of sp³-hybridized carbons (Fsp3) is 0.889. The first-order chi connectivity index (χ1) is 11.5. The standard InChI is InChI=1S/C18H36N4O2/c1-15(2)14-24-13-7-10-20-18(19-4)21-11-9-17(23)22-12-6-5-8-16(22)3/h15-16H,5-14H2,1-4H3,(H2,19,20,21). The molecule has 1 atom stereocenters. The summed E-state index contributed by atoms with van der Waals surface area (Å²) in [6, 6.07) is 0.384. The number of guanidine groups is 1. The number of nitrogens with zero attached hydrogens (tertiary/aromatic N) is 2. The zero-order valence-electron chi connectivity index (χ0n) is 15.9. The zero-order valence-corrected chi connectivity index (χ0v) is 15.9. The molecule has 140 valence electrons. The van der Waals surface area contributed by atoms with Crippen LogP contribution < -0.4 is 10.6 Å². The highest BCUT2D eigenvalue weighted by molar-refractivity contribution is 5.81. The molecule has 1 amide bonds. The minimum Gasteiger partial charge on any atom is -0.381 e. The lowest BCUT2D eigenvalue weighted by Gasteiger charge is -2.33. The van der Waals surface area contributed by atoms with Gasteiger partial charge in [0.25, 0.3) is 0 Å². The number of carbonyl (C=O) groups excluding carboxylic acids is 1. The van der Waals surface area contributed by atoms with E-state index in [0.29, 0.717) is 24.9 Å². The van der Waals surface area contributed by atoms with E-state index in [9.17, 15) is 4.79 Å². The lowest BCUT2D eigenvalue weighted by Crippen LogP contribution is -2.44. The number of likely N-dealkylation sites (tertiary alicyclic amines) is 1. The molecule has 1 aliphatic heterocycles. The maximum atomic E-state index is 12.3. The average Bonchev–Trinajstić information content (AvgIpc) is 2.56. The number of rotatable bonds is 9. The summed E-state index contributed by atoms with van der Waals surface area (Å²) in [6.07, 6.45) is 4.95. The Kier molecular flexibility index (Phi) is 10.5. The third-order valence-electron chi connectivity index (χ3n) is 4.19. The van der Waals surface area contributed by atoms with Gasteiger partial charge in [-0.25, -0.2) is 0 Å². The van der Waals surface area contributed by atoms with Gasteiger partial charge in [-0.1, -0.05) is 13.8 Å². The summed E-state index contributed by atoms with van der Waals surface area (Å²) in [6.45, 7) is 10.3. The van der Waals surface area contributed by atoms with E-state index in [1.165, 1.54) is 6.42 Å². The van der Waals surface area contributed by atoms with Gasteiger partial charge in [0.05, 0.1) is 0 Å². The Morgan fingerprint density at radius 3 is 2.71 bits per heavy atom. The summed E-state index contributed by atoms with van der Waals surface area (Å²) in [5.41, 5.74) is 0. The molecule has 0 aromatic rings. The molecule has 0 aromatic carbocycles. The molecule has 1 rings (SSSR count). The first-order valence-electron chi connectivity index (χ1n) is 9.36. The SMILES string of the molecule is CN=C(NCCCOCC(C)C)NCCC(=O)N1CCCCC1C. The van der Waals surface area contributed by atoms with Crippen molar-refractivity contribution in [3.63, 3.8) is 0 Å². The number of carbonyl (C=O) groups is 1. The molecular weight excluding hydrogens is 304 g/mol. The number of amides is 1. The van der Waals surface area contributed by atoms with E-state index in [-0.39, 0.29) is 5.91 Å². The van der Waals surface area contributed by atoms with Crippen LogP contribution in [0.3, 0.4) is 0 Å². The molecule has 0 aromatic heterocycles. The highest BCUT2D eigenvalue weighted by Crippen LogP contribution is 2.16. The van der Waals surface area contributed by atoms with Gasteiger partial charge in [-0.05, 0) is 38.5 Å². The van der Waals surface area contributed by atoms with Gasteiger partial charge in [-0.15, -0.1) is 0 Å². The van der Waals surface area contributed by atoms with Gasteiger partial charge < -0.3 is 20.3 Å². The number of piperidine rings is 1. The molecule has 6 nitrogen and oxygen atoms in total. The maximum Gasteiger partial charge on any atom is 0.224 e. The van der Waals surface area contributed by atoms with Crippen molar-refractivity contribution >= 4 is 11.9 Å². The second-order valence-electron chi connectivity index (χ2n) is 6.93. The minimum absolute atomic E-state index is 0.243. The largest absolute Gasteiger partial charge is 0.381 e. The van der Waals surface area contributed by atoms with E-state index in [1.54, 1.807) is 7.05 Å². The first kappa shape index (κ1) is 20.7. The summed E-state index contributed by atoms with van der Waals surface area (Å²) in [5, 5.41) is 6.47. The summed E-state index contributed by atoms with van der Waals surface area (Å²) in [4.78, 5) is 18.5. The minimum atomic E-state index is 0.243. The molecule has 0 radical (unpaired) electrons. The summed E-state index contributed by atoms with van der Waals surface area (Å²) in [5.74, 6) is 1.57. The summed E-state index contributed by atoms with van der Waals surface area (Å²) in [7, 11) is 1.75. The number of nitrogens with one attached hydrogen (secondary N) is 2. The molecule has 1 heterocycles. The number of aliphatic imine (C=N–C) groups is 1. The van der Waals surface area contributed by atoms with Gasteiger partial charge in [0, 0.05) is 52.4 Å². The zero-order chi connectivity index (χ0) is 17.8. The fourth-order valence-corrected chi connectivity index (χ4v) is 2.82. The van der Waals surface area contributed by atoms with Crippen molar-refractivity contribution < 1.29 is 9.53 Å². The molecule has 6 heteroatoms. The summed E-state index contributed by atoms with van der Waals surface area (Å²) >= 11 is 0. The van der Waals surface area contributed by atoms with Crippen LogP contribution in [-0.2, 0) is 9.53 Å². The molecule has 0 aliphatic carbocycles. The highest BCUT2D eigenvalue weighted by atomic mass is 16.5. The Hall–Kier alpha value is -1.30. The molecule has 1 aliphatic rings. The van der Waals surface area contributed by atoms with E-state index in [4.69, 9.17) is 4.74 Å². The fourth-order valence-electron chi connectivity index (χ4n) is 2.82. The Balaban J connectivity index is 2.12. The Morgan fingerprint density at radius 2 is 2.04 bits per heavy atom. The van der Waals surface area contributed by atoms with Crippen molar-refractivity contribution in [1.82, 2.24) is 15.5 Å². The molecule has 0 bridgehead atoms. The van der Waals surface area contributed by atoms with E-state index in [2.05, 4.69) is 36.4 Å². The van der Waals surface area contributed by atoms with Crippen LogP contribution in [-0.4, -0.2) is 62.7 Å². The quantitative estimate of drug-likeness (QED) is 0.383. The number of hydrogen-bond donors (Lipinski definition) is 2. The topological polar surface area (TPSA) is 66.0 Å². The van der Waals surface area contributed by atoms with Crippen LogP contribution in [0.4, 0.5) is 0 Å². The molecule has 1 unspecified atom stereocenters. The Morgan fingerprint density at radius 1 is 1.29 bits per heavy atom. The Bertz CT molecular complexity index is 385. The van der Waals surface area contributed by atoms with Crippen molar-refractivity contribution in [3.8, 4) is 0 Å². The van der Waals surface area contributed by atoms with Gasteiger partial charge in [-0.2, -0.15) is 0 Å². The monoisotopic (exact) mass is 340 g/mol. The normalized spacial score (nSPS) is 18.8. The molecule has 24 heavy (non-hydrogen) atoms. The maximum absolute atomic E-state index is 12.3. The van der Waals surface area contributed by atoms with Gasteiger partial charge >= 0.3 is 0 Å². The smallest absolute Gasteiger partial charge is 0.224 e. The third kappa shape index (κ3) is 8.52. The second-order valence-corrected chi connectivity index (χ2v) is 6.93. The average molecular weight is 341 g/mol. The van der Waals surface area contributed by atoms with Crippen LogP contribution in [0.1, 0.15) is 52.9 Å². The van der Waals surface area contributed by atoms with Crippen LogP contribution in [0.5, 0.6) is 0 Å². The predicted molar refractivity (Wildman–Crippen MR) is 99.3 cm³/mol. The molecular formula is C18H36N4O2. The van der Waals surface area contributed by atoms with Crippen molar-refractivity contribution in [2.75, 3.05) is 39.9 Å². The Labute approximate surface area is 147 Å². The lowest BCUT2D eigenvalue weighted by atomic mass is 10.0. The van der Waals surface area contributed by atoms with E-state index >= 15 is 0 Å². The van der Waals surface area contributed by atoms with Crippen molar-refractivity contribution in [1.29, 1.82) is 0 Å². The first-order valence-corrected chi connectivity index (χ1v) is 9.36. The molecule has 2 N–H and O–H groups in total. The molecule has 1 saturated heterocycles. The van der Waals surface area contributed by atoms with Gasteiger partial charge in [0.15, 0.2) is 5.96 Å². The van der Waals surface area contributed by atoms with Crippen LogP contribution in [0.2, 0.25) is 0 Å². The second kappa shape index (κ2) is 12.1. The third-order valence-corrected chi connectivity index (χ3v) is 4.19. The van der Waals surface area contributed by atoms with Gasteiger partial charge in [0.1, 0.15) is 0 Å². The number of ether oxygens (including phenoxy) is 1. The van der Waals surface area contributed by atoms with E-state index < -0.39 is 0 Å².